The molecule has 0 aromatic rings. The number of hydrogen-bond acceptors (Lipinski definition) is 2. The maximum Gasteiger partial charge on any atom is 0.150 e. The summed E-state index contributed by atoms with van der Waals surface area (Å²) in [4.78, 5) is 0. The maximum atomic E-state index is 12.0. The molecule has 1 aliphatic carbocycles. The first kappa shape index (κ1) is 14.5. The van der Waals surface area contributed by atoms with Gasteiger partial charge in [0.1, 0.15) is 0 Å². The molecule has 1 saturated carbocycles. The van der Waals surface area contributed by atoms with Gasteiger partial charge in [0, 0.05) is 5.33 Å². The fourth-order valence-electron chi connectivity index (χ4n) is 2.52. The molecule has 1 fully saturated rings. The second-order valence-electron chi connectivity index (χ2n) is 5.14. The van der Waals surface area contributed by atoms with E-state index in [2.05, 4.69) is 15.9 Å². The van der Waals surface area contributed by atoms with Crippen LogP contribution in [0.15, 0.2) is 0 Å². The van der Waals surface area contributed by atoms with Gasteiger partial charge in [-0.1, -0.05) is 48.5 Å². The Morgan fingerprint density at radius 3 is 2.31 bits per heavy atom. The van der Waals surface area contributed by atoms with Crippen molar-refractivity contribution in [1.82, 2.24) is 0 Å². The molecule has 2 nitrogen and oxygen atoms in total. The summed E-state index contributed by atoms with van der Waals surface area (Å²) < 4.78 is 24.0. The maximum absolute atomic E-state index is 12.0. The first-order chi connectivity index (χ1) is 7.54. The minimum atomic E-state index is -2.84. The van der Waals surface area contributed by atoms with E-state index in [4.69, 9.17) is 0 Å². The van der Waals surface area contributed by atoms with Crippen LogP contribution in [0.4, 0.5) is 0 Å². The lowest BCUT2D eigenvalue weighted by molar-refractivity contribution is 0.256. The molecule has 0 amide bonds. The van der Waals surface area contributed by atoms with Crippen molar-refractivity contribution in [1.29, 1.82) is 0 Å². The van der Waals surface area contributed by atoms with Crippen LogP contribution in [0.25, 0.3) is 0 Å². The Hall–Kier alpha value is 0.430. The molecule has 16 heavy (non-hydrogen) atoms. The first-order valence-electron chi connectivity index (χ1n) is 6.30. The number of hydrogen-bond donors (Lipinski definition) is 0. The minimum Gasteiger partial charge on any atom is -0.229 e. The highest BCUT2D eigenvalue weighted by molar-refractivity contribution is 9.09. The SMILES string of the molecule is CCCCS(=O)(=O)CC1(CBr)CCCCC1. The van der Waals surface area contributed by atoms with Crippen molar-refractivity contribution in [2.45, 2.75) is 51.9 Å². The molecule has 0 bridgehead atoms. The summed E-state index contributed by atoms with van der Waals surface area (Å²) in [7, 11) is -2.84. The van der Waals surface area contributed by atoms with Crippen LogP contribution in [0, 0.1) is 5.41 Å². The van der Waals surface area contributed by atoms with Gasteiger partial charge >= 0.3 is 0 Å². The minimum absolute atomic E-state index is 0.0326. The molecule has 96 valence electrons. The van der Waals surface area contributed by atoms with Gasteiger partial charge in [0.25, 0.3) is 0 Å². The average Bonchev–Trinajstić information content (AvgIpc) is 2.27. The first-order valence-corrected chi connectivity index (χ1v) is 9.24. The van der Waals surface area contributed by atoms with E-state index in [0.29, 0.717) is 11.5 Å². The van der Waals surface area contributed by atoms with E-state index in [1.165, 1.54) is 19.3 Å². The van der Waals surface area contributed by atoms with Crippen LogP contribution in [0.3, 0.4) is 0 Å². The zero-order valence-corrected chi connectivity index (χ0v) is 12.6. The Morgan fingerprint density at radius 2 is 1.81 bits per heavy atom. The zero-order valence-electron chi connectivity index (χ0n) is 10.2. The molecule has 0 atom stereocenters. The summed E-state index contributed by atoms with van der Waals surface area (Å²) in [5.74, 6) is 0.767. The van der Waals surface area contributed by atoms with Crippen molar-refractivity contribution in [2.24, 2.45) is 5.41 Å². The van der Waals surface area contributed by atoms with Gasteiger partial charge in [0.2, 0.25) is 0 Å². The summed E-state index contributed by atoms with van der Waals surface area (Å²) in [5, 5.41) is 0.839. The van der Waals surface area contributed by atoms with E-state index in [9.17, 15) is 8.42 Å². The highest BCUT2D eigenvalue weighted by Gasteiger charge is 2.35. The standard InChI is InChI=1S/C12H23BrO2S/c1-2-3-9-16(14,15)11-12(10-13)7-5-4-6-8-12/h2-11H2,1H3. The van der Waals surface area contributed by atoms with E-state index in [-0.39, 0.29) is 5.41 Å². The lowest BCUT2D eigenvalue weighted by Gasteiger charge is -2.35. The van der Waals surface area contributed by atoms with Crippen LogP contribution in [0.5, 0.6) is 0 Å². The molecule has 0 radical (unpaired) electrons. The van der Waals surface area contributed by atoms with E-state index >= 15 is 0 Å². The van der Waals surface area contributed by atoms with Crippen molar-refractivity contribution in [2.75, 3.05) is 16.8 Å². The molecule has 0 N–H and O–H groups in total. The van der Waals surface area contributed by atoms with Crippen LogP contribution < -0.4 is 0 Å². The number of rotatable bonds is 6. The van der Waals surface area contributed by atoms with Gasteiger partial charge in [-0.2, -0.15) is 0 Å². The second-order valence-corrected chi connectivity index (χ2v) is 7.88. The molecule has 0 aromatic heterocycles. The average molecular weight is 311 g/mol. The molecule has 0 unspecified atom stereocenters. The fraction of sp³-hybridized carbons (Fsp3) is 1.00. The zero-order chi connectivity index (χ0) is 12.1. The van der Waals surface area contributed by atoms with Crippen molar-refractivity contribution >= 4 is 25.8 Å². The van der Waals surface area contributed by atoms with Gasteiger partial charge in [-0.3, -0.25) is 0 Å². The van der Waals surface area contributed by atoms with Crippen molar-refractivity contribution in [3.8, 4) is 0 Å². The highest BCUT2D eigenvalue weighted by atomic mass is 79.9. The number of sulfone groups is 1. The highest BCUT2D eigenvalue weighted by Crippen LogP contribution is 2.39. The van der Waals surface area contributed by atoms with E-state index in [1.54, 1.807) is 0 Å². The fourth-order valence-corrected chi connectivity index (χ4v) is 5.74. The molecule has 4 heteroatoms. The molecule has 0 saturated heterocycles. The predicted molar refractivity (Wildman–Crippen MR) is 72.9 cm³/mol. The quantitative estimate of drug-likeness (QED) is 0.703. The third kappa shape index (κ3) is 4.36. The summed E-state index contributed by atoms with van der Waals surface area (Å²) in [6.07, 6.45) is 7.56. The third-order valence-electron chi connectivity index (χ3n) is 3.53. The van der Waals surface area contributed by atoms with Crippen molar-refractivity contribution < 1.29 is 8.42 Å². The smallest absolute Gasteiger partial charge is 0.150 e. The van der Waals surface area contributed by atoms with Crippen LogP contribution >= 0.6 is 15.9 Å². The normalized spacial score (nSPS) is 20.9. The van der Waals surface area contributed by atoms with Crippen molar-refractivity contribution in [3.05, 3.63) is 0 Å². The van der Waals surface area contributed by atoms with Gasteiger partial charge in [0.05, 0.1) is 11.5 Å². The van der Waals surface area contributed by atoms with Crippen LogP contribution in [-0.2, 0) is 9.84 Å². The van der Waals surface area contributed by atoms with E-state index < -0.39 is 9.84 Å². The predicted octanol–water partition coefficient (Wildman–Crippen LogP) is 3.55. The van der Waals surface area contributed by atoms with Gasteiger partial charge in [-0.15, -0.1) is 0 Å². The number of alkyl halides is 1. The van der Waals surface area contributed by atoms with Gasteiger partial charge in [-0.25, -0.2) is 8.42 Å². The molecule has 1 rings (SSSR count). The number of unbranched alkanes of at least 4 members (excludes halogenated alkanes) is 1. The second kappa shape index (κ2) is 6.39. The molecule has 0 aliphatic heterocycles. The largest absolute Gasteiger partial charge is 0.229 e. The third-order valence-corrected chi connectivity index (χ3v) is 6.69. The molecule has 0 aromatic carbocycles. The van der Waals surface area contributed by atoms with Crippen LogP contribution in [-0.4, -0.2) is 25.3 Å². The summed E-state index contributed by atoms with van der Waals surface area (Å²) in [5.41, 5.74) is 0.0326. The molecule has 0 spiro atoms. The Morgan fingerprint density at radius 1 is 1.19 bits per heavy atom. The Kier molecular flexibility index (Phi) is 5.78. The van der Waals surface area contributed by atoms with Crippen LogP contribution in [0.1, 0.15) is 51.9 Å². The Balaban J connectivity index is 2.61. The molecular formula is C12H23BrO2S. The molecule has 1 aliphatic rings. The Labute approximate surface area is 108 Å². The lowest BCUT2D eigenvalue weighted by Crippen LogP contribution is -2.35. The summed E-state index contributed by atoms with van der Waals surface area (Å²) >= 11 is 3.52. The molecular weight excluding hydrogens is 288 g/mol. The van der Waals surface area contributed by atoms with Gasteiger partial charge in [0.15, 0.2) is 9.84 Å². The Bertz CT molecular complexity index is 292. The van der Waals surface area contributed by atoms with E-state index in [1.807, 2.05) is 6.92 Å². The molecule has 0 heterocycles. The number of halogens is 1. The van der Waals surface area contributed by atoms with Gasteiger partial charge in [-0.05, 0) is 24.7 Å². The van der Waals surface area contributed by atoms with Gasteiger partial charge < -0.3 is 0 Å². The lowest BCUT2D eigenvalue weighted by atomic mass is 9.77. The van der Waals surface area contributed by atoms with Crippen LogP contribution in [0.2, 0.25) is 0 Å². The summed E-state index contributed by atoms with van der Waals surface area (Å²) in [6.45, 7) is 2.04. The monoisotopic (exact) mass is 310 g/mol. The topological polar surface area (TPSA) is 34.1 Å². The van der Waals surface area contributed by atoms with Crippen molar-refractivity contribution in [3.63, 3.8) is 0 Å². The van der Waals surface area contributed by atoms with E-state index in [0.717, 1.165) is 31.0 Å². The summed E-state index contributed by atoms with van der Waals surface area (Å²) in [6, 6.07) is 0.